The summed E-state index contributed by atoms with van der Waals surface area (Å²) in [5, 5.41) is 23.1. The van der Waals surface area contributed by atoms with Gasteiger partial charge in [0.2, 0.25) is 0 Å². The van der Waals surface area contributed by atoms with Gasteiger partial charge in [0.1, 0.15) is 5.84 Å². The molecule has 0 saturated carbocycles. The smallest absolute Gasteiger partial charge is 0.147 e. The number of nitrogens with one attached hydrogen (secondary N) is 1. The highest BCUT2D eigenvalue weighted by Crippen LogP contribution is 2.14. The molecule has 104 valence electrons. The largest absolute Gasteiger partial charge is 0.409 e. The van der Waals surface area contributed by atoms with Gasteiger partial charge in [-0.3, -0.25) is 0 Å². The van der Waals surface area contributed by atoms with Crippen LogP contribution in [0.1, 0.15) is 17.2 Å². The van der Waals surface area contributed by atoms with Crippen LogP contribution >= 0.6 is 0 Å². The number of amidine groups is 1. The fourth-order valence-corrected chi connectivity index (χ4v) is 1.92. The van der Waals surface area contributed by atoms with Gasteiger partial charge in [-0.1, -0.05) is 35.5 Å². The molecule has 0 aliphatic rings. The maximum absolute atomic E-state index is 8.90. The molecule has 1 aromatic carbocycles. The summed E-state index contributed by atoms with van der Waals surface area (Å²) in [6, 6.07) is 13.4. The molecule has 1 aromatic heterocycles. The molecule has 4 N–H and O–H groups in total. The lowest BCUT2D eigenvalue weighted by molar-refractivity contribution is 0.315. The van der Waals surface area contributed by atoms with E-state index < -0.39 is 0 Å². The van der Waals surface area contributed by atoms with Crippen LogP contribution in [0.5, 0.6) is 0 Å². The van der Waals surface area contributed by atoms with Crippen molar-refractivity contribution in [3.05, 3.63) is 59.9 Å². The van der Waals surface area contributed by atoms with E-state index in [0.29, 0.717) is 13.1 Å². The van der Waals surface area contributed by atoms with Gasteiger partial charge in [0.15, 0.2) is 0 Å². The monoisotopic (exact) mass is 271 g/mol. The Morgan fingerprint density at radius 3 is 2.70 bits per heavy atom. The zero-order valence-electron chi connectivity index (χ0n) is 11.0. The van der Waals surface area contributed by atoms with Crippen molar-refractivity contribution in [2.75, 3.05) is 6.54 Å². The van der Waals surface area contributed by atoms with E-state index in [9.17, 15) is 0 Å². The number of hydrogen-bond acceptors (Lipinski definition) is 5. The van der Waals surface area contributed by atoms with Crippen molar-refractivity contribution in [1.29, 1.82) is 0 Å². The van der Waals surface area contributed by atoms with E-state index in [2.05, 4.69) is 20.7 Å². The average molecular weight is 271 g/mol. The Labute approximate surface area is 117 Å². The molecule has 0 radical (unpaired) electrons. The van der Waals surface area contributed by atoms with Crippen LogP contribution in [0.15, 0.2) is 53.8 Å². The molecule has 0 fully saturated rings. The maximum atomic E-state index is 8.90. The van der Waals surface area contributed by atoms with Crippen molar-refractivity contribution in [3.8, 4) is 0 Å². The highest BCUT2D eigenvalue weighted by Gasteiger charge is 2.16. The number of rotatable bonds is 6. The van der Waals surface area contributed by atoms with Gasteiger partial charge < -0.3 is 16.3 Å². The highest BCUT2D eigenvalue weighted by atomic mass is 16.4. The third-order valence-corrected chi connectivity index (χ3v) is 2.96. The van der Waals surface area contributed by atoms with Gasteiger partial charge in [0, 0.05) is 19.3 Å². The average Bonchev–Trinajstić information content (AvgIpc) is 2.53. The SMILES string of the molecule is N/C(=N/O)C(CNCc1cccnn1)c1ccccc1. The van der Waals surface area contributed by atoms with E-state index in [1.165, 1.54) is 0 Å². The first-order chi connectivity index (χ1) is 9.81. The summed E-state index contributed by atoms with van der Waals surface area (Å²) >= 11 is 0. The molecule has 0 aliphatic heterocycles. The number of nitrogens with zero attached hydrogens (tertiary/aromatic N) is 3. The lowest BCUT2D eigenvalue weighted by Gasteiger charge is -2.16. The van der Waals surface area contributed by atoms with Crippen molar-refractivity contribution in [2.24, 2.45) is 10.9 Å². The molecule has 1 atom stereocenters. The molecule has 0 bridgehead atoms. The fourth-order valence-electron chi connectivity index (χ4n) is 1.92. The Kier molecular flexibility index (Phi) is 5.02. The van der Waals surface area contributed by atoms with E-state index in [4.69, 9.17) is 10.9 Å². The van der Waals surface area contributed by atoms with Gasteiger partial charge in [-0.25, -0.2) is 0 Å². The Morgan fingerprint density at radius 2 is 2.05 bits per heavy atom. The summed E-state index contributed by atoms with van der Waals surface area (Å²) in [6.45, 7) is 1.13. The van der Waals surface area contributed by atoms with Crippen molar-refractivity contribution in [2.45, 2.75) is 12.5 Å². The number of benzene rings is 1. The van der Waals surface area contributed by atoms with Crippen molar-refractivity contribution in [3.63, 3.8) is 0 Å². The highest BCUT2D eigenvalue weighted by molar-refractivity contribution is 5.87. The second-order valence-corrected chi connectivity index (χ2v) is 4.33. The number of aromatic nitrogens is 2. The summed E-state index contributed by atoms with van der Waals surface area (Å²) in [5.41, 5.74) is 7.60. The lowest BCUT2D eigenvalue weighted by Crippen LogP contribution is -2.31. The van der Waals surface area contributed by atoms with Gasteiger partial charge in [0.25, 0.3) is 0 Å². The molecule has 20 heavy (non-hydrogen) atoms. The number of hydrogen-bond donors (Lipinski definition) is 3. The van der Waals surface area contributed by atoms with Crippen LogP contribution in [0, 0.1) is 0 Å². The summed E-state index contributed by atoms with van der Waals surface area (Å²) in [4.78, 5) is 0. The van der Waals surface area contributed by atoms with Gasteiger partial charge >= 0.3 is 0 Å². The minimum absolute atomic E-state index is 0.183. The molecule has 0 amide bonds. The predicted octanol–water partition coefficient (Wildman–Crippen LogP) is 1.10. The fraction of sp³-hybridized carbons (Fsp3) is 0.214. The molecule has 6 nitrogen and oxygen atoms in total. The Hall–Kier alpha value is -2.47. The minimum Gasteiger partial charge on any atom is -0.409 e. The normalized spacial score (nSPS) is 13.1. The first-order valence-electron chi connectivity index (χ1n) is 6.31. The molecule has 1 heterocycles. The number of nitrogens with two attached hydrogens (primary N) is 1. The summed E-state index contributed by atoms with van der Waals surface area (Å²) < 4.78 is 0. The van der Waals surface area contributed by atoms with Gasteiger partial charge in [-0.15, -0.1) is 0 Å². The Balaban J connectivity index is 1.99. The zero-order chi connectivity index (χ0) is 14.2. The minimum atomic E-state index is -0.183. The van der Waals surface area contributed by atoms with Crippen LogP contribution in [0.2, 0.25) is 0 Å². The van der Waals surface area contributed by atoms with Crippen molar-refractivity contribution >= 4 is 5.84 Å². The summed E-state index contributed by atoms with van der Waals surface area (Å²) in [7, 11) is 0. The van der Waals surface area contributed by atoms with E-state index >= 15 is 0 Å². The first-order valence-corrected chi connectivity index (χ1v) is 6.31. The molecule has 0 saturated heterocycles. The molecule has 6 heteroatoms. The molecular formula is C14H17N5O. The first kappa shape index (κ1) is 14.0. The van der Waals surface area contributed by atoms with E-state index in [-0.39, 0.29) is 11.8 Å². The Morgan fingerprint density at radius 1 is 1.25 bits per heavy atom. The summed E-state index contributed by atoms with van der Waals surface area (Å²) in [5.74, 6) is 0.000664. The van der Waals surface area contributed by atoms with E-state index in [0.717, 1.165) is 11.3 Å². The second kappa shape index (κ2) is 7.20. The quantitative estimate of drug-likeness (QED) is 0.316. The predicted molar refractivity (Wildman–Crippen MR) is 76.3 cm³/mol. The molecule has 1 unspecified atom stereocenters. The molecule has 2 rings (SSSR count). The van der Waals surface area contributed by atoms with Gasteiger partial charge in [-0.2, -0.15) is 10.2 Å². The van der Waals surface area contributed by atoms with E-state index in [1.54, 1.807) is 6.20 Å². The van der Waals surface area contributed by atoms with Crippen molar-refractivity contribution in [1.82, 2.24) is 15.5 Å². The third kappa shape index (κ3) is 3.76. The molecule has 0 aliphatic carbocycles. The number of oxime groups is 1. The van der Waals surface area contributed by atoms with Gasteiger partial charge in [-0.05, 0) is 17.7 Å². The van der Waals surface area contributed by atoms with Crippen LogP contribution in [-0.4, -0.2) is 27.8 Å². The maximum Gasteiger partial charge on any atom is 0.147 e. The Bertz CT molecular complexity index is 544. The summed E-state index contributed by atoms with van der Waals surface area (Å²) in [6.07, 6.45) is 1.63. The van der Waals surface area contributed by atoms with Crippen LogP contribution in [0.25, 0.3) is 0 Å². The second-order valence-electron chi connectivity index (χ2n) is 4.33. The van der Waals surface area contributed by atoms with Crippen LogP contribution < -0.4 is 11.1 Å². The van der Waals surface area contributed by atoms with Gasteiger partial charge in [0.05, 0.1) is 11.6 Å². The molecule has 2 aromatic rings. The lowest BCUT2D eigenvalue weighted by atomic mass is 9.98. The van der Waals surface area contributed by atoms with Crippen LogP contribution in [-0.2, 0) is 6.54 Å². The van der Waals surface area contributed by atoms with Crippen LogP contribution in [0.3, 0.4) is 0 Å². The van der Waals surface area contributed by atoms with E-state index in [1.807, 2.05) is 42.5 Å². The van der Waals surface area contributed by atoms with Crippen LogP contribution in [0.4, 0.5) is 0 Å². The standard InChI is InChI=1S/C14H17N5O/c15-14(19-20)13(11-5-2-1-3-6-11)10-16-9-12-7-4-8-17-18-12/h1-8,13,16,20H,9-10H2,(H2,15,19). The topological polar surface area (TPSA) is 96.4 Å². The third-order valence-electron chi connectivity index (χ3n) is 2.96. The molecular weight excluding hydrogens is 254 g/mol. The molecule has 0 spiro atoms. The zero-order valence-corrected chi connectivity index (χ0v) is 11.0. The van der Waals surface area contributed by atoms with Crippen molar-refractivity contribution < 1.29 is 5.21 Å².